The fourth-order valence-electron chi connectivity index (χ4n) is 11.6. The Morgan fingerprint density at radius 2 is 1.32 bits per heavy atom. The number of amides is 10. The SMILES string of the molecule is CCCNC(=O)Nc1cccc(S(=O)(=O)Nc2cccc([C@@H](CC(=O)O)NC(=O)Nc3ccc(NC(=O)NCCOCCOCCOCCC(=O)N[C@@H](CC(=O)O)C(=O)N4CCC[C@H]4C(=O)N[C@H](C(=O)N=[S@](C)(=O)Cc4cc5nc(c4)OCCCCCCOc4cc(F)ccc4-c4cc(ncc4F)N5)C(C)C)cc3)c2)c1. The van der Waals surface area contributed by atoms with Crippen LogP contribution < -0.4 is 62.0 Å². The Balaban J connectivity index is 0.717. The van der Waals surface area contributed by atoms with E-state index in [-0.39, 0.29) is 141 Å². The number of ether oxygens (including phenoxy) is 5. The first-order valence-electron chi connectivity index (χ1n) is 35.9. The van der Waals surface area contributed by atoms with Crippen molar-refractivity contribution < 1.29 is 98.5 Å². The van der Waals surface area contributed by atoms with E-state index >= 15 is 4.39 Å². The van der Waals surface area contributed by atoms with Gasteiger partial charge in [-0.15, -0.1) is 0 Å². The zero-order chi connectivity index (χ0) is 80.0. The highest BCUT2D eigenvalue weighted by molar-refractivity contribution is 7.93. The number of carboxylic acids is 2. The molecule has 598 valence electrons. The summed E-state index contributed by atoms with van der Waals surface area (Å²) in [5, 5.41) is 43.3. The number of fused-ring (bicyclic) bond motifs is 6. The summed E-state index contributed by atoms with van der Waals surface area (Å²) < 4.78 is 106. The highest BCUT2D eigenvalue weighted by atomic mass is 32.2. The fraction of sp³-hybridized carbons (Fsp3) is 0.419. The molecule has 5 atom stereocenters. The molecular weight excluding hydrogens is 1490 g/mol. The number of carbonyl (C=O) groups is 9. The Labute approximate surface area is 640 Å². The minimum Gasteiger partial charge on any atom is -0.493 e. The van der Waals surface area contributed by atoms with Gasteiger partial charge in [0.1, 0.15) is 47.1 Å². The van der Waals surface area contributed by atoms with E-state index in [9.17, 15) is 70.4 Å². The summed E-state index contributed by atoms with van der Waals surface area (Å²) in [5.74, 6) is -7.35. The smallest absolute Gasteiger partial charge is 0.319 e. The number of aromatic nitrogens is 2. The van der Waals surface area contributed by atoms with Crippen LogP contribution >= 0.6 is 0 Å². The second kappa shape index (κ2) is 42.1. The summed E-state index contributed by atoms with van der Waals surface area (Å²) in [6, 6.07) is 18.8. The first kappa shape index (κ1) is 85.5. The van der Waals surface area contributed by atoms with Crippen LogP contribution in [0.3, 0.4) is 0 Å². The molecule has 37 heteroatoms. The van der Waals surface area contributed by atoms with Gasteiger partial charge in [-0.25, -0.2) is 40.8 Å². The molecular formula is C74H92F2N14O19S2. The number of sulfonamides is 1. The van der Waals surface area contributed by atoms with E-state index in [4.69, 9.17) is 23.7 Å². The molecule has 2 aromatic heterocycles. The van der Waals surface area contributed by atoms with Crippen molar-refractivity contribution in [2.45, 2.75) is 120 Å². The Hall–Kier alpha value is -11.2. The predicted octanol–water partition coefficient (Wildman–Crippen LogP) is 8.64. The van der Waals surface area contributed by atoms with Crippen LogP contribution in [0.15, 0.2) is 125 Å². The molecule has 2 aliphatic heterocycles. The normalized spacial score (nSPS) is 14.9. The molecule has 4 aromatic carbocycles. The lowest BCUT2D eigenvalue weighted by atomic mass is 10.0. The van der Waals surface area contributed by atoms with E-state index in [1.807, 2.05) is 6.92 Å². The third kappa shape index (κ3) is 28.0. The number of rotatable bonds is 34. The van der Waals surface area contributed by atoms with Gasteiger partial charge in [-0.3, -0.25) is 33.5 Å². The van der Waals surface area contributed by atoms with Crippen molar-refractivity contribution in [3.8, 4) is 22.8 Å². The molecule has 4 heterocycles. The van der Waals surface area contributed by atoms with Crippen molar-refractivity contribution in [1.82, 2.24) is 41.5 Å². The highest BCUT2D eigenvalue weighted by Crippen LogP contribution is 2.35. The van der Waals surface area contributed by atoms with Crippen LogP contribution in [0.5, 0.6) is 11.6 Å². The van der Waals surface area contributed by atoms with Crippen molar-refractivity contribution in [1.29, 1.82) is 0 Å². The van der Waals surface area contributed by atoms with Gasteiger partial charge in [0.25, 0.3) is 15.9 Å². The van der Waals surface area contributed by atoms with Crippen LogP contribution in [0, 0.1) is 17.6 Å². The topological polar surface area (TPSA) is 453 Å². The number of benzene rings is 4. The second-order valence-corrected chi connectivity index (χ2v) is 30.3. The average molecular weight is 1580 g/mol. The van der Waals surface area contributed by atoms with E-state index in [0.717, 1.165) is 23.9 Å². The van der Waals surface area contributed by atoms with E-state index in [0.29, 0.717) is 49.0 Å². The quantitative estimate of drug-likeness (QED) is 0.0168. The molecule has 0 aliphatic carbocycles. The zero-order valence-electron chi connectivity index (χ0n) is 61.6. The van der Waals surface area contributed by atoms with Crippen molar-refractivity contribution in [2.24, 2.45) is 10.3 Å². The summed E-state index contributed by atoms with van der Waals surface area (Å²) >= 11 is 0. The van der Waals surface area contributed by atoms with Gasteiger partial charge in [0.05, 0.1) is 98.3 Å². The number of urea groups is 3. The summed E-state index contributed by atoms with van der Waals surface area (Å²) in [6.45, 7) is 6.73. The average Bonchev–Trinajstić information content (AvgIpc) is 1.47. The van der Waals surface area contributed by atoms with Gasteiger partial charge in [0.2, 0.25) is 23.6 Å². The molecule has 6 aromatic rings. The van der Waals surface area contributed by atoms with E-state index in [1.54, 1.807) is 26.0 Å². The van der Waals surface area contributed by atoms with Crippen molar-refractivity contribution in [2.75, 3.05) is 105 Å². The molecule has 8 rings (SSSR count). The maximum Gasteiger partial charge on any atom is 0.319 e. The molecule has 0 saturated carbocycles. The summed E-state index contributed by atoms with van der Waals surface area (Å²) in [5.41, 5.74) is 2.00. The van der Waals surface area contributed by atoms with Gasteiger partial charge < -0.3 is 86.6 Å². The highest BCUT2D eigenvalue weighted by Gasteiger charge is 2.40. The van der Waals surface area contributed by atoms with Gasteiger partial charge in [0.15, 0.2) is 0 Å². The molecule has 12 N–H and O–H groups in total. The van der Waals surface area contributed by atoms with Crippen molar-refractivity contribution in [3.05, 3.63) is 138 Å². The third-order valence-corrected chi connectivity index (χ3v) is 19.7. The largest absolute Gasteiger partial charge is 0.493 e. The lowest BCUT2D eigenvalue weighted by Crippen LogP contribution is -2.56. The third-order valence-electron chi connectivity index (χ3n) is 16.9. The van der Waals surface area contributed by atoms with Gasteiger partial charge in [-0.2, -0.15) is 9.35 Å². The molecule has 111 heavy (non-hydrogen) atoms. The Kier molecular flexibility index (Phi) is 32.4. The van der Waals surface area contributed by atoms with E-state index < -0.39 is 128 Å². The Morgan fingerprint density at radius 3 is 2.01 bits per heavy atom. The van der Waals surface area contributed by atoms with E-state index in [1.165, 1.54) is 103 Å². The van der Waals surface area contributed by atoms with Crippen LogP contribution in [-0.4, -0.2) is 188 Å². The number of carboxylic acid groups (broad SMARTS) is 2. The van der Waals surface area contributed by atoms with Crippen LogP contribution in [-0.2, 0) is 68.5 Å². The van der Waals surface area contributed by atoms with E-state index in [2.05, 4.69) is 66.9 Å². The minimum atomic E-state index is -4.19. The molecule has 1 fully saturated rings. The number of pyridine rings is 2. The molecule has 2 aliphatic rings. The van der Waals surface area contributed by atoms with Crippen LogP contribution in [0.25, 0.3) is 11.1 Å². The number of halogens is 2. The molecule has 33 nitrogen and oxygen atoms in total. The lowest BCUT2D eigenvalue weighted by molar-refractivity contribution is -0.146. The zero-order valence-corrected chi connectivity index (χ0v) is 63.2. The minimum absolute atomic E-state index is 0.0335. The molecule has 0 radical (unpaired) electrons. The monoisotopic (exact) mass is 1580 g/mol. The maximum atomic E-state index is 15.4. The number of anilines is 6. The molecule has 1 saturated heterocycles. The molecule has 0 spiro atoms. The standard InChI is InChI=1S/C74H92F2N14O19S2/c1-5-25-77-72(99)82-52-14-11-16-54(40-52)111(103,104)88-53-15-10-13-48(38-53)58(42-66(92)93)84-74(101)81-51-21-19-50(20-22-51)80-73(100)78-26-31-106-33-35-107-34-32-105-30-24-64(91)83-59(43-67(94)95)71(98)90-27-12-17-60(90)69(96)87-68(46(2)3)70(97)89-110(4,102)45-47-36-63-85-62-41-56(57(76)44-79-62)55-23-18-49(75)39-61(55)108-28-8-6-7-9-29-109-65(37-47)86-63/h10-11,13-16,18-23,36-41,44,46,58-60,68,88H,5-9,12,17,24-35,42-43,45H2,1-4H3,(H,83,91)(H,87,96)(H,92,93)(H,94,95)(H2,77,82,99)(H2,78,80,100)(H,79,85,86)(H2,81,84,101)/t58-,59+,60+,68+,110-/m1/s1. The first-order valence-corrected chi connectivity index (χ1v) is 39.5. The summed E-state index contributed by atoms with van der Waals surface area (Å²) in [6.07, 6.45) is 4.60. The van der Waals surface area contributed by atoms with Crippen LogP contribution in [0.4, 0.5) is 57.5 Å². The predicted molar refractivity (Wildman–Crippen MR) is 406 cm³/mol. The fourth-order valence-corrected chi connectivity index (χ4v) is 14.0. The number of hydrogen-bond acceptors (Lipinski definition) is 20. The van der Waals surface area contributed by atoms with Crippen LogP contribution in [0.1, 0.15) is 102 Å². The number of nitrogens with zero attached hydrogens (tertiary/aromatic N) is 4. The van der Waals surface area contributed by atoms with Gasteiger partial charge in [-0.05, 0) is 141 Å². The Bertz CT molecular complexity index is 4520. The first-order chi connectivity index (χ1) is 53.1. The molecule has 4 bridgehead atoms. The van der Waals surface area contributed by atoms with Crippen molar-refractivity contribution in [3.63, 3.8) is 0 Å². The second-order valence-electron chi connectivity index (χ2n) is 26.2. The van der Waals surface area contributed by atoms with Gasteiger partial charge in [-0.1, -0.05) is 39.0 Å². The maximum absolute atomic E-state index is 15.4. The van der Waals surface area contributed by atoms with Gasteiger partial charge >= 0.3 is 30.0 Å². The molecule has 10 amide bonds. The Morgan fingerprint density at radius 1 is 0.667 bits per heavy atom. The number of carbonyl (C=O) groups excluding carboxylic acids is 7. The summed E-state index contributed by atoms with van der Waals surface area (Å²) in [7, 11) is -7.61. The van der Waals surface area contributed by atoms with Gasteiger partial charge in [0, 0.05) is 78.3 Å². The lowest BCUT2D eigenvalue weighted by Gasteiger charge is -2.29. The van der Waals surface area contributed by atoms with Crippen molar-refractivity contribution >= 4 is 108 Å². The van der Waals surface area contributed by atoms with Crippen LogP contribution in [0.2, 0.25) is 0 Å². The molecule has 0 unspecified atom stereocenters. The number of likely N-dealkylation sites (tertiary alicyclic amines) is 1. The number of nitrogens with one attached hydrogen (secondary N) is 10. The number of aliphatic carboxylic acids is 2. The summed E-state index contributed by atoms with van der Waals surface area (Å²) in [4.78, 5) is 127. The number of hydrogen-bond donors (Lipinski definition) is 12.